The Hall–Kier alpha value is -1.02. The van der Waals surface area contributed by atoms with E-state index in [0.717, 1.165) is 24.8 Å². The van der Waals surface area contributed by atoms with Gasteiger partial charge in [-0.05, 0) is 55.7 Å². The van der Waals surface area contributed by atoms with Gasteiger partial charge >= 0.3 is 0 Å². The van der Waals surface area contributed by atoms with Crippen molar-refractivity contribution in [2.24, 2.45) is 17.6 Å². The van der Waals surface area contributed by atoms with Crippen molar-refractivity contribution < 1.29 is 0 Å². The van der Waals surface area contributed by atoms with Crippen LogP contribution in [-0.4, -0.2) is 19.6 Å². The first-order valence-electron chi connectivity index (χ1n) is 7.75. The predicted octanol–water partition coefficient (Wildman–Crippen LogP) is 3.45. The first-order valence-corrected chi connectivity index (χ1v) is 7.75. The molecule has 1 saturated heterocycles. The minimum absolute atomic E-state index is 0.736. The van der Waals surface area contributed by atoms with E-state index in [0.29, 0.717) is 0 Å². The van der Waals surface area contributed by atoms with Crippen LogP contribution in [0, 0.1) is 11.8 Å². The maximum atomic E-state index is 5.73. The monoisotopic (exact) mass is 260 g/mol. The lowest BCUT2D eigenvalue weighted by Gasteiger charge is -2.26. The molecule has 19 heavy (non-hydrogen) atoms. The van der Waals surface area contributed by atoms with Gasteiger partial charge in [-0.2, -0.15) is 0 Å². The summed E-state index contributed by atoms with van der Waals surface area (Å²) in [5, 5.41) is 0. The van der Waals surface area contributed by atoms with Gasteiger partial charge in [-0.1, -0.05) is 32.0 Å². The van der Waals surface area contributed by atoms with Gasteiger partial charge in [0.2, 0.25) is 0 Å². The number of hydrogen-bond acceptors (Lipinski definition) is 2. The molecular formula is C17H28N2. The van der Waals surface area contributed by atoms with Crippen LogP contribution in [0.25, 0.3) is 0 Å². The highest BCUT2D eigenvalue weighted by atomic mass is 15.1. The van der Waals surface area contributed by atoms with Crippen molar-refractivity contribution in [2.45, 2.75) is 39.5 Å². The molecule has 106 valence electrons. The maximum Gasteiger partial charge on any atom is 0.0399 e. The van der Waals surface area contributed by atoms with Gasteiger partial charge in [0, 0.05) is 18.8 Å². The summed E-state index contributed by atoms with van der Waals surface area (Å²) in [5.74, 6) is 1.71. The molecule has 1 fully saturated rings. The SMILES string of the molecule is CC(C)C1CCCN(c2ccccc2CCN)CC1. The zero-order valence-electron chi connectivity index (χ0n) is 12.4. The molecule has 0 spiro atoms. The molecule has 2 heteroatoms. The van der Waals surface area contributed by atoms with Crippen molar-refractivity contribution in [3.63, 3.8) is 0 Å². The molecule has 0 amide bonds. The minimum Gasteiger partial charge on any atom is -0.371 e. The van der Waals surface area contributed by atoms with Crippen LogP contribution in [0.1, 0.15) is 38.7 Å². The van der Waals surface area contributed by atoms with E-state index in [2.05, 4.69) is 43.0 Å². The van der Waals surface area contributed by atoms with Gasteiger partial charge in [-0.25, -0.2) is 0 Å². The van der Waals surface area contributed by atoms with Crippen LogP contribution in [0.5, 0.6) is 0 Å². The van der Waals surface area contributed by atoms with E-state index in [1.165, 1.54) is 43.6 Å². The van der Waals surface area contributed by atoms with Gasteiger partial charge in [0.1, 0.15) is 0 Å². The highest BCUT2D eigenvalue weighted by molar-refractivity contribution is 5.53. The summed E-state index contributed by atoms with van der Waals surface area (Å²) in [6.45, 7) is 7.86. The number of para-hydroxylation sites is 1. The lowest BCUT2D eigenvalue weighted by Crippen LogP contribution is -2.26. The highest BCUT2D eigenvalue weighted by Crippen LogP contribution is 2.29. The Bertz CT molecular complexity index is 387. The molecule has 1 aromatic carbocycles. The molecule has 0 aliphatic carbocycles. The fourth-order valence-electron chi connectivity index (χ4n) is 3.22. The fraction of sp³-hybridized carbons (Fsp3) is 0.647. The third-order valence-electron chi connectivity index (χ3n) is 4.46. The number of rotatable bonds is 4. The number of nitrogens with zero attached hydrogens (tertiary/aromatic N) is 1. The molecule has 1 heterocycles. The Labute approximate surface area is 118 Å². The number of anilines is 1. The van der Waals surface area contributed by atoms with Crippen LogP contribution in [0.15, 0.2) is 24.3 Å². The average Bonchev–Trinajstić information content (AvgIpc) is 2.65. The molecule has 0 aromatic heterocycles. The van der Waals surface area contributed by atoms with E-state index in [9.17, 15) is 0 Å². The van der Waals surface area contributed by atoms with Crippen molar-refractivity contribution in [1.82, 2.24) is 0 Å². The standard InChI is InChI=1S/C17H28N2/c1-14(2)15-7-5-12-19(13-10-15)17-8-4-3-6-16(17)9-11-18/h3-4,6,8,14-15H,5,7,9-13,18H2,1-2H3. The third-order valence-corrected chi connectivity index (χ3v) is 4.46. The Kier molecular flexibility index (Phi) is 5.26. The smallest absolute Gasteiger partial charge is 0.0399 e. The largest absolute Gasteiger partial charge is 0.371 e. The summed E-state index contributed by atoms with van der Waals surface area (Å²) >= 11 is 0. The summed E-state index contributed by atoms with van der Waals surface area (Å²) < 4.78 is 0. The second-order valence-electron chi connectivity index (χ2n) is 6.09. The molecule has 2 rings (SSSR count). The van der Waals surface area contributed by atoms with Crippen LogP contribution >= 0.6 is 0 Å². The quantitative estimate of drug-likeness (QED) is 0.898. The second kappa shape index (κ2) is 6.95. The fourth-order valence-corrected chi connectivity index (χ4v) is 3.22. The molecule has 0 bridgehead atoms. The van der Waals surface area contributed by atoms with Gasteiger partial charge in [-0.3, -0.25) is 0 Å². The maximum absolute atomic E-state index is 5.73. The van der Waals surface area contributed by atoms with Gasteiger partial charge in [0.05, 0.1) is 0 Å². The number of nitrogens with two attached hydrogens (primary N) is 1. The van der Waals surface area contributed by atoms with Crippen LogP contribution in [0.4, 0.5) is 5.69 Å². The summed E-state index contributed by atoms with van der Waals surface area (Å²) in [6, 6.07) is 8.77. The van der Waals surface area contributed by atoms with Gasteiger partial charge < -0.3 is 10.6 Å². The van der Waals surface area contributed by atoms with E-state index < -0.39 is 0 Å². The van der Waals surface area contributed by atoms with E-state index in [-0.39, 0.29) is 0 Å². The zero-order chi connectivity index (χ0) is 13.7. The van der Waals surface area contributed by atoms with Crippen molar-refractivity contribution in [2.75, 3.05) is 24.5 Å². The van der Waals surface area contributed by atoms with Crippen LogP contribution in [0.3, 0.4) is 0 Å². The first kappa shape index (κ1) is 14.4. The van der Waals surface area contributed by atoms with Gasteiger partial charge in [0.25, 0.3) is 0 Å². The van der Waals surface area contributed by atoms with E-state index in [1.54, 1.807) is 0 Å². The normalized spacial score (nSPS) is 20.6. The topological polar surface area (TPSA) is 29.3 Å². The molecule has 2 N–H and O–H groups in total. The number of benzene rings is 1. The van der Waals surface area contributed by atoms with Crippen LogP contribution < -0.4 is 10.6 Å². The van der Waals surface area contributed by atoms with Crippen molar-refractivity contribution in [3.05, 3.63) is 29.8 Å². The highest BCUT2D eigenvalue weighted by Gasteiger charge is 2.20. The van der Waals surface area contributed by atoms with Crippen molar-refractivity contribution in [1.29, 1.82) is 0 Å². The molecular weight excluding hydrogens is 232 g/mol. The van der Waals surface area contributed by atoms with Gasteiger partial charge in [0.15, 0.2) is 0 Å². The third kappa shape index (κ3) is 3.73. The number of hydrogen-bond donors (Lipinski definition) is 1. The average molecular weight is 260 g/mol. The summed E-state index contributed by atoms with van der Waals surface area (Å²) in [5.41, 5.74) is 8.56. The molecule has 1 unspecified atom stereocenters. The minimum atomic E-state index is 0.736. The molecule has 1 aliphatic rings. The first-order chi connectivity index (χ1) is 9.22. The van der Waals surface area contributed by atoms with Crippen molar-refractivity contribution >= 4 is 5.69 Å². The Morgan fingerprint density at radius 1 is 1.21 bits per heavy atom. The molecule has 0 saturated carbocycles. The molecule has 1 aliphatic heterocycles. The molecule has 0 radical (unpaired) electrons. The molecule has 1 aromatic rings. The molecule has 1 atom stereocenters. The summed E-state index contributed by atoms with van der Waals surface area (Å²) in [4.78, 5) is 2.58. The zero-order valence-corrected chi connectivity index (χ0v) is 12.4. The van der Waals surface area contributed by atoms with E-state index in [1.807, 2.05) is 0 Å². The summed E-state index contributed by atoms with van der Waals surface area (Å²) in [6.07, 6.45) is 5.02. The van der Waals surface area contributed by atoms with Crippen molar-refractivity contribution in [3.8, 4) is 0 Å². The van der Waals surface area contributed by atoms with Gasteiger partial charge in [-0.15, -0.1) is 0 Å². The lowest BCUT2D eigenvalue weighted by molar-refractivity contribution is 0.351. The predicted molar refractivity (Wildman–Crippen MR) is 83.6 cm³/mol. The summed E-state index contributed by atoms with van der Waals surface area (Å²) in [7, 11) is 0. The van der Waals surface area contributed by atoms with Crippen LogP contribution in [0.2, 0.25) is 0 Å². The second-order valence-corrected chi connectivity index (χ2v) is 6.09. The van der Waals surface area contributed by atoms with Crippen LogP contribution in [-0.2, 0) is 6.42 Å². The van der Waals surface area contributed by atoms with E-state index in [4.69, 9.17) is 5.73 Å². The Morgan fingerprint density at radius 2 is 2.00 bits per heavy atom. The Morgan fingerprint density at radius 3 is 2.74 bits per heavy atom. The Balaban J connectivity index is 2.09. The lowest BCUT2D eigenvalue weighted by atomic mass is 9.89. The molecule has 2 nitrogen and oxygen atoms in total. The van der Waals surface area contributed by atoms with E-state index >= 15 is 0 Å².